The number of hydrogen-bond acceptors (Lipinski definition) is 4. The second-order valence-corrected chi connectivity index (χ2v) is 6.04. The van der Waals surface area contributed by atoms with E-state index in [0.29, 0.717) is 0 Å². The van der Waals surface area contributed by atoms with Crippen LogP contribution in [0.4, 0.5) is 5.69 Å². The highest BCUT2D eigenvalue weighted by molar-refractivity contribution is 7.92. The number of aromatic amines is 1. The van der Waals surface area contributed by atoms with Gasteiger partial charge in [0, 0.05) is 24.1 Å². The van der Waals surface area contributed by atoms with Crippen LogP contribution in [0, 0.1) is 0 Å². The SMILES string of the molecule is O=C(O)c1cc(NS(=O)(=O)c2c[nH]ccc2=O)ccc1Cl. The minimum absolute atomic E-state index is 0.0138. The monoisotopic (exact) mass is 328 g/mol. The molecule has 110 valence electrons. The first-order chi connectivity index (χ1) is 9.81. The number of benzene rings is 1. The Morgan fingerprint density at radius 3 is 2.62 bits per heavy atom. The van der Waals surface area contributed by atoms with Gasteiger partial charge in [0.1, 0.15) is 0 Å². The molecule has 1 aromatic heterocycles. The van der Waals surface area contributed by atoms with Gasteiger partial charge in [0.15, 0.2) is 4.90 Å². The van der Waals surface area contributed by atoms with E-state index >= 15 is 0 Å². The molecule has 9 heteroatoms. The zero-order valence-electron chi connectivity index (χ0n) is 10.3. The number of halogens is 1. The molecule has 0 bridgehead atoms. The smallest absolute Gasteiger partial charge is 0.337 e. The molecule has 1 aromatic carbocycles. The van der Waals surface area contributed by atoms with Crippen molar-refractivity contribution in [2.75, 3.05) is 4.72 Å². The lowest BCUT2D eigenvalue weighted by Gasteiger charge is -2.08. The average Bonchev–Trinajstić information content (AvgIpc) is 2.40. The second-order valence-electron chi connectivity index (χ2n) is 3.98. The number of carbonyl (C=O) groups is 1. The fourth-order valence-corrected chi connectivity index (χ4v) is 2.88. The third-order valence-electron chi connectivity index (χ3n) is 2.53. The molecular formula is C12H9ClN2O5S. The Hall–Kier alpha value is -2.32. The molecule has 0 fully saturated rings. The number of carboxylic acid groups (broad SMARTS) is 1. The molecule has 0 unspecified atom stereocenters. The predicted molar refractivity (Wildman–Crippen MR) is 76.3 cm³/mol. The Kier molecular flexibility index (Phi) is 4.01. The van der Waals surface area contributed by atoms with Gasteiger partial charge in [-0.1, -0.05) is 11.6 Å². The topological polar surface area (TPSA) is 116 Å². The van der Waals surface area contributed by atoms with Crippen molar-refractivity contribution in [2.45, 2.75) is 4.90 Å². The van der Waals surface area contributed by atoms with E-state index in [2.05, 4.69) is 9.71 Å². The Balaban J connectivity index is 2.43. The fourth-order valence-electron chi connectivity index (χ4n) is 1.57. The van der Waals surface area contributed by atoms with Crippen molar-refractivity contribution < 1.29 is 18.3 Å². The Labute approximate surface area is 124 Å². The fraction of sp³-hybridized carbons (Fsp3) is 0. The molecule has 0 saturated carbocycles. The quantitative estimate of drug-likeness (QED) is 0.787. The standard InChI is InChI=1S/C12H9ClN2O5S/c13-9-2-1-7(5-8(9)12(17)18)15-21(19,20)11-6-14-4-3-10(11)16/h1-6,15H,(H,14,16)(H,17,18). The van der Waals surface area contributed by atoms with Crippen molar-refractivity contribution in [3.05, 3.63) is 57.5 Å². The lowest BCUT2D eigenvalue weighted by molar-refractivity contribution is 0.0697. The number of rotatable bonds is 4. The molecule has 21 heavy (non-hydrogen) atoms. The van der Waals surface area contributed by atoms with Crippen LogP contribution in [-0.2, 0) is 10.0 Å². The van der Waals surface area contributed by atoms with Crippen LogP contribution in [0.1, 0.15) is 10.4 Å². The highest BCUT2D eigenvalue weighted by Crippen LogP contribution is 2.22. The third kappa shape index (κ3) is 3.23. The van der Waals surface area contributed by atoms with E-state index in [1.807, 2.05) is 0 Å². The van der Waals surface area contributed by atoms with E-state index in [0.717, 1.165) is 18.3 Å². The maximum Gasteiger partial charge on any atom is 0.337 e. The number of hydrogen-bond donors (Lipinski definition) is 3. The van der Waals surface area contributed by atoms with E-state index in [1.54, 1.807) is 0 Å². The van der Waals surface area contributed by atoms with Gasteiger partial charge in [-0.3, -0.25) is 9.52 Å². The van der Waals surface area contributed by atoms with Gasteiger partial charge in [0.25, 0.3) is 10.0 Å². The van der Waals surface area contributed by atoms with Crippen molar-refractivity contribution in [1.82, 2.24) is 4.98 Å². The number of aromatic nitrogens is 1. The molecule has 0 atom stereocenters. The van der Waals surface area contributed by atoms with Gasteiger partial charge in [-0.25, -0.2) is 13.2 Å². The second kappa shape index (κ2) is 5.58. The van der Waals surface area contributed by atoms with Crippen molar-refractivity contribution in [1.29, 1.82) is 0 Å². The van der Waals surface area contributed by atoms with Crippen LogP contribution in [0.25, 0.3) is 0 Å². The molecule has 2 aromatic rings. The van der Waals surface area contributed by atoms with E-state index in [4.69, 9.17) is 16.7 Å². The molecule has 0 spiro atoms. The normalized spacial score (nSPS) is 11.1. The summed E-state index contributed by atoms with van der Waals surface area (Å²) < 4.78 is 26.3. The first-order valence-corrected chi connectivity index (χ1v) is 7.40. The van der Waals surface area contributed by atoms with Crippen molar-refractivity contribution >= 4 is 33.3 Å². The minimum atomic E-state index is -4.13. The number of pyridine rings is 1. The summed E-state index contributed by atoms with van der Waals surface area (Å²) in [6, 6.07) is 4.68. The Bertz CT molecular complexity index is 860. The van der Waals surface area contributed by atoms with Crippen LogP contribution >= 0.6 is 11.6 Å². The molecule has 7 nitrogen and oxygen atoms in total. The Morgan fingerprint density at radius 1 is 1.29 bits per heavy atom. The highest BCUT2D eigenvalue weighted by atomic mass is 35.5. The zero-order chi connectivity index (χ0) is 15.6. The van der Waals surface area contributed by atoms with Gasteiger partial charge < -0.3 is 10.1 Å². The summed E-state index contributed by atoms with van der Waals surface area (Å²) in [7, 11) is -4.13. The number of nitrogens with one attached hydrogen (secondary N) is 2. The summed E-state index contributed by atoms with van der Waals surface area (Å²) in [4.78, 5) is 24.5. The Morgan fingerprint density at radius 2 is 2.00 bits per heavy atom. The van der Waals surface area contributed by atoms with E-state index in [-0.39, 0.29) is 16.3 Å². The van der Waals surface area contributed by atoms with Crippen LogP contribution in [-0.4, -0.2) is 24.5 Å². The van der Waals surface area contributed by atoms with E-state index in [9.17, 15) is 18.0 Å². The maximum atomic E-state index is 12.1. The molecule has 0 amide bonds. The predicted octanol–water partition coefficient (Wildman–Crippen LogP) is 1.53. The maximum absolute atomic E-state index is 12.1. The molecule has 0 aliphatic carbocycles. The van der Waals surface area contributed by atoms with E-state index < -0.39 is 26.3 Å². The molecule has 1 heterocycles. The van der Waals surface area contributed by atoms with Crippen molar-refractivity contribution in [3.63, 3.8) is 0 Å². The lowest BCUT2D eigenvalue weighted by atomic mass is 10.2. The lowest BCUT2D eigenvalue weighted by Crippen LogP contribution is -2.21. The molecule has 3 N–H and O–H groups in total. The summed E-state index contributed by atoms with van der Waals surface area (Å²) in [5.74, 6) is -1.29. The molecule has 0 aliphatic heterocycles. The summed E-state index contributed by atoms with van der Waals surface area (Å²) >= 11 is 5.69. The molecular weight excluding hydrogens is 320 g/mol. The van der Waals surface area contributed by atoms with Gasteiger partial charge >= 0.3 is 5.97 Å². The van der Waals surface area contributed by atoms with Crippen molar-refractivity contribution in [2.24, 2.45) is 0 Å². The first-order valence-electron chi connectivity index (χ1n) is 5.54. The number of H-pyrrole nitrogens is 1. The van der Waals surface area contributed by atoms with Gasteiger partial charge in [0.2, 0.25) is 5.43 Å². The molecule has 0 aliphatic rings. The van der Waals surface area contributed by atoms with Crippen molar-refractivity contribution in [3.8, 4) is 0 Å². The van der Waals surface area contributed by atoms with Gasteiger partial charge in [0.05, 0.1) is 10.6 Å². The molecule has 0 radical (unpaired) electrons. The summed E-state index contributed by atoms with van der Waals surface area (Å²) in [5.41, 5.74) is -0.951. The molecule has 2 rings (SSSR count). The average molecular weight is 329 g/mol. The number of sulfonamides is 1. The van der Waals surface area contributed by atoms with Gasteiger partial charge in [-0.05, 0) is 18.2 Å². The van der Waals surface area contributed by atoms with Crippen LogP contribution < -0.4 is 10.2 Å². The van der Waals surface area contributed by atoms with Gasteiger partial charge in [-0.2, -0.15) is 0 Å². The highest BCUT2D eigenvalue weighted by Gasteiger charge is 2.19. The largest absolute Gasteiger partial charge is 0.478 e. The van der Waals surface area contributed by atoms with Crippen LogP contribution in [0.5, 0.6) is 0 Å². The van der Waals surface area contributed by atoms with Gasteiger partial charge in [-0.15, -0.1) is 0 Å². The number of aromatic carboxylic acids is 1. The third-order valence-corrected chi connectivity index (χ3v) is 4.26. The summed E-state index contributed by atoms with van der Waals surface area (Å²) in [5, 5.41) is 8.91. The van der Waals surface area contributed by atoms with E-state index in [1.165, 1.54) is 18.3 Å². The first kappa shape index (κ1) is 15.1. The summed E-state index contributed by atoms with van der Waals surface area (Å²) in [6.07, 6.45) is 2.34. The number of carboxylic acids is 1. The summed E-state index contributed by atoms with van der Waals surface area (Å²) in [6.45, 7) is 0. The zero-order valence-corrected chi connectivity index (χ0v) is 11.9. The van der Waals surface area contributed by atoms with Crippen LogP contribution in [0.15, 0.2) is 46.3 Å². The molecule has 0 saturated heterocycles. The minimum Gasteiger partial charge on any atom is -0.478 e. The van der Waals surface area contributed by atoms with Crippen LogP contribution in [0.2, 0.25) is 5.02 Å². The van der Waals surface area contributed by atoms with Crippen LogP contribution in [0.3, 0.4) is 0 Å². The number of anilines is 1.